The summed E-state index contributed by atoms with van der Waals surface area (Å²) in [5.74, 6) is -2.82. The van der Waals surface area contributed by atoms with E-state index < -0.39 is 23.5 Å². The van der Waals surface area contributed by atoms with Crippen molar-refractivity contribution in [2.75, 3.05) is 4.90 Å². The standard InChI is InChI=1S/C21H20FNO4/c1-14-4-6-15(7-5-14)13-23(17-10-8-16(22)9-11-17)19(24)12-18-20(25)27-21(2,3)26-18/h4-12H,13H2,1-3H3. The molecule has 3 rings (SSSR count). The summed E-state index contributed by atoms with van der Waals surface area (Å²) < 4.78 is 23.7. The SMILES string of the molecule is Cc1ccc(CN(C(=O)C=C2OC(C)(C)OC2=O)c2ccc(F)cc2)cc1. The van der Waals surface area contributed by atoms with Gasteiger partial charge in [0.15, 0.2) is 0 Å². The number of cyclic esters (lactones) is 1. The second kappa shape index (κ2) is 7.23. The van der Waals surface area contributed by atoms with Crippen LogP contribution in [-0.2, 0) is 25.6 Å². The summed E-state index contributed by atoms with van der Waals surface area (Å²) in [5, 5.41) is 0. The molecule has 0 aromatic heterocycles. The number of halogens is 1. The number of aryl methyl sites for hydroxylation is 1. The Morgan fingerprint density at radius 2 is 1.70 bits per heavy atom. The van der Waals surface area contributed by atoms with Gasteiger partial charge < -0.3 is 14.4 Å². The number of anilines is 1. The lowest BCUT2D eigenvalue weighted by molar-refractivity contribution is -0.159. The number of hydrogen-bond acceptors (Lipinski definition) is 4. The lowest BCUT2D eigenvalue weighted by Crippen LogP contribution is -2.29. The molecule has 1 fully saturated rings. The maximum absolute atomic E-state index is 13.3. The molecule has 0 bridgehead atoms. The van der Waals surface area contributed by atoms with Crippen molar-refractivity contribution in [2.45, 2.75) is 33.1 Å². The molecule has 140 valence electrons. The highest BCUT2D eigenvalue weighted by Crippen LogP contribution is 2.27. The summed E-state index contributed by atoms with van der Waals surface area (Å²) in [6, 6.07) is 13.3. The van der Waals surface area contributed by atoms with E-state index in [9.17, 15) is 14.0 Å². The number of amides is 1. The molecular formula is C21H20FNO4. The van der Waals surface area contributed by atoms with Crippen LogP contribution in [0.3, 0.4) is 0 Å². The van der Waals surface area contributed by atoms with Crippen LogP contribution >= 0.6 is 0 Å². The molecule has 0 atom stereocenters. The molecule has 1 saturated heterocycles. The van der Waals surface area contributed by atoms with Crippen LogP contribution < -0.4 is 4.90 Å². The first kappa shape index (κ1) is 18.6. The number of nitrogens with zero attached hydrogens (tertiary/aromatic N) is 1. The van der Waals surface area contributed by atoms with Gasteiger partial charge in [0.25, 0.3) is 5.91 Å². The van der Waals surface area contributed by atoms with Crippen molar-refractivity contribution in [2.24, 2.45) is 0 Å². The van der Waals surface area contributed by atoms with Crippen LogP contribution in [0, 0.1) is 12.7 Å². The summed E-state index contributed by atoms with van der Waals surface area (Å²) in [6.45, 7) is 5.40. The largest absolute Gasteiger partial charge is 0.445 e. The first-order valence-corrected chi connectivity index (χ1v) is 8.50. The zero-order chi connectivity index (χ0) is 19.6. The second-order valence-electron chi connectivity index (χ2n) is 6.79. The maximum Gasteiger partial charge on any atom is 0.377 e. The van der Waals surface area contributed by atoms with Gasteiger partial charge in [0, 0.05) is 19.5 Å². The van der Waals surface area contributed by atoms with E-state index in [2.05, 4.69) is 0 Å². The Morgan fingerprint density at radius 3 is 2.26 bits per heavy atom. The van der Waals surface area contributed by atoms with Crippen molar-refractivity contribution in [3.05, 3.63) is 77.3 Å². The predicted octanol–water partition coefficient (Wildman–Crippen LogP) is 3.86. The zero-order valence-corrected chi connectivity index (χ0v) is 15.4. The van der Waals surface area contributed by atoms with Crippen LogP contribution in [0.2, 0.25) is 0 Å². The van der Waals surface area contributed by atoms with E-state index in [0.717, 1.165) is 17.2 Å². The summed E-state index contributed by atoms with van der Waals surface area (Å²) in [5.41, 5.74) is 2.50. The molecule has 0 spiro atoms. The Hall–Kier alpha value is -3.15. The lowest BCUT2D eigenvalue weighted by atomic mass is 10.1. The summed E-state index contributed by atoms with van der Waals surface area (Å²) >= 11 is 0. The van der Waals surface area contributed by atoms with E-state index in [1.165, 1.54) is 29.2 Å². The maximum atomic E-state index is 13.3. The minimum absolute atomic E-state index is 0.152. The van der Waals surface area contributed by atoms with Crippen molar-refractivity contribution in [1.29, 1.82) is 0 Å². The van der Waals surface area contributed by atoms with Crippen LogP contribution in [0.1, 0.15) is 25.0 Å². The van der Waals surface area contributed by atoms with Gasteiger partial charge in [-0.3, -0.25) is 4.79 Å². The predicted molar refractivity (Wildman–Crippen MR) is 98.1 cm³/mol. The van der Waals surface area contributed by atoms with Gasteiger partial charge in [0.1, 0.15) is 5.82 Å². The Labute approximate surface area is 157 Å². The fourth-order valence-electron chi connectivity index (χ4n) is 2.67. The fraction of sp³-hybridized carbons (Fsp3) is 0.238. The Kier molecular flexibility index (Phi) is 4.99. The highest BCUT2D eigenvalue weighted by atomic mass is 19.1. The summed E-state index contributed by atoms with van der Waals surface area (Å²) in [6.07, 6.45) is 1.11. The van der Waals surface area contributed by atoms with Gasteiger partial charge in [-0.25, -0.2) is 9.18 Å². The molecule has 1 amide bonds. The molecule has 0 N–H and O–H groups in total. The van der Waals surface area contributed by atoms with Crippen LogP contribution in [0.25, 0.3) is 0 Å². The van der Waals surface area contributed by atoms with Gasteiger partial charge in [-0.2, -0.15) is 0 Å². The average molecular weight is 369 g/mol. The van der Waals surface area contributed by atoms with Crippen molar-refractivity contribution >= 4 is 17.6 Å². The molecule has 0 unspecified atom stereocenters. The molecule has 1 heterocycles. The fourth-order valence-corrected chi connectivity index (χ4v) is 2.67. The summed E-state index contributed by atoms with van der Waals surface area (Å²) in [7, 11) is 0. The minimum Gasteiger partial charge on any atom is -0.445 e. The number of carbonyl (C=O) groups is 2. The number of esters is 1. The van der Waals surface area contributed by atoms with E-state index in [4.69, 9.17) is 9.47 Å². The normalized spacial score (nSPS) is 16.7. The first-order chi connectivity index (χ1) is 12.7. The molecule has 1 aliphatic heterocycles. The highest BCUT2D eigenvalue weighted by molar-refractivity contribution is 6.05. The van der Waals surface area contributed by atoms with E-state index in [-0.39, 0.29) is 12.3 Å². The van der Waals surface area contributed by atoms with Crippen molar-refractivity contribution in [3.8, 4) is 0 Å². The Balaban J connectivity index is 1.91. The third-order valence-electron chi connectivity index (χ3n) is 4.02. The number of hydrogen-bond donors (Lipinski definition) is 0. The molecular weight excluding hydrogens is 349 g/mol. The van der Waals surface area contributed by atoms with Crippen molar-refractivity contribution < 1.29 is 23.5 Å². The van der Waals surface area contributed by atoms with Gasteiger partial charge in [0.2, 0.25) is 11.5 Å². The van der Waals surface area contributed by atoms with E-state index in [0.29, 0.717) is 5.69 Å². The smallest absolute Gasteiger partial charge is 0.377 e. The van der Waals surface area contributed by atoms with Gasteiger partial charge in [-0.05, 0) is 36.8 Å². The molecule has 0 saturated carbocycles. The lowest BCUT2D eigenvalue weighted by Gasteiger charge is -2.22. The third kappa shape index (κ3) is 4.53. The minimum atomic E-state index is -1.11. The quantitative estimate of drug-likeness (QED) is 0.607. The van der Waals surface area contributed by atoms with E-state index in [1.54, 1.807) is 13.8 Å². The van der Waals surface area contributed by atoms with Crippen molar-refractivity contribution in [3.63, 3.8) is 0 Å². The molecule has 0 radical (unpaired) electrons. The van der Waals surface area contributed by atoms with Gasteiger partial charge in [0.05, 0.1) is 12.6 Å². The van der Waals surface area contributed by atoms with Gasteiger partial charge in [-0.15, -0.1) is 0 Å². The molecule has 1 aliphatic rings. The number of ether oxygens (including phenoxy) is 2. The Bertz CT molecular complexity index is 885. The second-order valence-corrected chi connectivity index (χ2v) is 6.79. The zero-order valence-electron chi connectivity index (χ0n) is 15.4. The Morgan fingerprint density at radius 1 is 1.07 bits per heavy atom. The number of benzene rings is 2. The average Bonchev–Trinajstić information content (AvgIpc) is 2.87. The van der Waals surface area contributed by atoms with Gasteiger partial charge >= 0.3 is 5.97 Å². The van der Waals surface area contributed by atoms with Crippen LogP contribution in [-0.4, -0.2) is 17.7 Å². The van der Waals surface area contributed by atoms with Gasteiger partial charge in [-0.1, -0.05) is 29.8 Å². The van der Waals surface area contributed by atoms with Crippen LogP contribution in [0.5, 0.6) is 0 Å². The topological polar surface area (TPSA) is 55.8 Å². The molecule has 27 heavy (non-hydrogen) atoms. The molecule has 0 aliphatic carbocycles. The summed E-state index contributed by atoms with van der Waals surface area (Å²) in [4.78, 5) is 26.2. The molecule has 2 aromatic carbocycles. The van der Waals surface area contributed by atoms with E-state index >= 15 is 0 Å². The first-order valence-electron chi connectivity index (χ1n) is 8.50. The number of carbonyl (C=O) groups excluding carboxylic acids is 2. The highest BCUT2D eigenvalue weighted by Gasteiger charge is 2.38. The van der Waals surface area contributed by atoms with Crippen molar-refractivity contribution in [1.82, 2.24) is 0 Å². The number of rotatable bonds is 4. The molecule has 2 aromatic rings. The monoisotopic (exact) mass is 369 g/mol. The van der Waals surface area contributed by atoms with E-state index in [1.807, 2.05) is 31.2 Å². The third-order valence-corrected chi connectivity index (χ3v) is 4.02. The molecule has 6 heteroatoms. The van der Waals surface area contributed by atoms with Crippen LogP contribution in [0.4, 0.5) is 10.1 Å². The molecule has 5 nitrogen and oxygen atoms in total. The van der Waals surface area contributed by atoms with Crippen LogP contribution in [0.15, 0.2) is 60.4 Å².